The van der Waals surface area contributed by atoms with Crippen LogP contribution < -0.4 is 9.47 Å². The average molecular weight is 534 g/mol. The van der Waals surface area contributed by atoms with Crippen molar-refractivity contribution in [2.75, 3.05) is 6.61 Å². The number of carbonyl (C=O) groups excluding carboxylic acids is 1. The highest BCUT2D eigenvalue weighted by Gasteiger charge is 2.29. The largest absolute Gasteiger partial charge is 0.493 e. The zero-order valence-corrected chi connectivity index (χ0v) is 21.2. The number of hydrogen-bond donors (Lipinski definition) is 1. The van der Waals surface area contributed by atoms with Crippen molar-refractivity contribution in [1.82, 2.24) is 0 Å². The summed E-state index contributed by atoms with van der Waals surface area (Å²) in [7, 11) is 0. The molecule has 3 aromatic rings. The second-order valence-corrected chi connectivity index (χ2v) is 9.69. The van der Waals surface area contributed by atoms with Crippen LogP contribution in [0.2, 0.25) is 15.1 Å². The lowest BCUT2D eigenvalue weighted by atomic mass is 9.93. The van der Waals surface area contributed by atoms with Crippen LogP contribution in [0, 0.1) is 6.92 Å². The molecule has 0 bridgehead atoms. The summed E-state index contributed by atoms with van der Waals surface area (Å²) in [4.78, 5) is 24.3. The number of aryl methyl sites for hydroxylation is 2. The third kappa shape index (κ3) is 5.92. The lowest BCUT2D eigenvalue weighted by molar-refractivity contribution is -0.139. The first-order valence-electron chi connectivity index (χ1n) is 11.2. The van der Waals surface area contributed by atoms with Gasteiger partial charge >= 0.3 is 5.97 Å². The lowest BCUT2D eigenvalue weighted by Gasteiger charge is -2.24. The van der Waals surface area contributed by atoms with Crippen LogP contribution in [0.4, 0.5) is 0 Å². The molecule has 0 radical (unpaired) electrons. The topological polar surface area (TPSA) is 72.8 Å². The molecule has 182 valence electrons. The summed E-state index contributed by atoms with van der Waals surface area (Å²) in [6.45, 7) is 2.16. The Morgan fingerprint density at radius 2 is 1.86 bits per heavy atom. The summed E-state index contributed by atoms with van der Waals surface area (Å²) < 4.78 is 11.6. The van der Waals surface area contributed by atoms with Gasteiger partial charge in [-0.2, -0.15) is 0 Å². The average Bonchev–Trinajstić information content (AvgIpc) is 2.80. The molecule has 0 aromatic heterocycles. The van der Waals surface area contributed by atoms with Crippen LogP contribution >= 0.6 is 34.8 Å². The minimum atomic E-state index is -0.911. The fourth-order valence-electron chi connectivity index (χ4n) is 4.16. The van der Waals surface area contributed by atoms with Crippen molar-refractivity contribution in [2.45, 2.75) is 38.5 Å². The first-order chi connectivity index (χ1) is 16.7. The molecule has 1 aliphatic heterocycles. The summed E-state index contributed by atoms with van der Waals surface area (Å²) in [5.74, 6) is -0.208. The second kappa shape index (κ2) is 10.9. The van der Waals surface area contributed by atoms with Crippen LogP contribution in [-0.2, 0) is 11.2 Å². The Labute approximate surface area is 218 Å². The van der Waals surface area contributed by atoms with Gasteiger partial charge in [-0.3, -0.25) is 9.59 Å². The van der Waals surface area contributed by atoms with Gasteiger partial charge < -0.3 is 14.6 Å². The number of hydrogen-bond acceptors (Lipinski definition) is 4. The molecule has 4 rings (SSSR count). The van der Waals surface area contributed by atoms with Crippen molar-refractivity contribution in [3.8, 4) is 17.2 Å². The Bertz CT molecular complexity index is 1290. The normalized spacial score (nSPS) is 14.7. The molecule has 0 fully saturated rings. The van der Waals surface area contributed by atoms with Crippen LogP contribution in [0.1, 0.15) is 52.2 Å². The monoisotopic (exact) mass is 532 g/mol. The molecule has 1 aliphatic rings. The number of ketones is 1. The second-order valence-electron chi connectivity index (χ2n) is 8.44. The maximum absolute atomic E-state index is 12.8. The van der Waals surface area contributed by atoms with Gasteiger partial charge in [0, 0.05) is 33.7 Å². The van der Waals surface area contributed by atoms with E-state index in [-0.39, 0.29) is 5.78 Å². The van der Waals surface area contributed by atoms with E-state index in [1.54, 1.807) is 42.5 Å². The first kappa shape index (κ1) is 25.4. The molecular formula is C27H23Cl3O5. The number of rotatable bonds is 8. The quantitative estimate of drug-likeness (QED) is 0.298. The molecule has 1 N–H and O–H groups in total. The zero-order chi connectivity index (χ0) is 25.1. The van der Waals surface area contributed by atoms with Crippen molar-refractivity contribution in [3.63, 3.8) is 0 Å². The number of carboxylic acids is 1. The number of halogens is 3. The van der Waals surface area contributed by atoms with Crippen LogP contribution in [0.3, 0.4) is 0 Å². The van der Waals surface area contributed by atoms with Gasteiger partial charge in [-0.1, -0.05) is 40.9 Å². The highest BCUT2D eigenvalue weighted by Crippen LogP contribution is 2.42. The molecule has 1 atom stereocenters. The van der Waals surface area contributed by atoms with Crippen molar-refractivity contribution >= 4 is 46.6 Å². The van der Waals surface area contributed by atoms with Crippen molar-refractivity contribution in [3.05, 3.63) is 85.9 Å². The molecule has 0 amide bonds. The van der Waals surface area contributed by atoms with Gasteiger partial charge in [0.25, 0.3) is 0 Å². The van der Waals surface area contributed by atoms with Crippen molar-refractivity contribution in [2.24, 2.45) is 0 Å². The Hall–Kier alpha value is -2.73. The van der Waals surface area contributed by atoms with E-state index >= 15 is 0 Å². The third-order valence-electron chi connectivity index (χ3n) is 5.99. The van der Waals surface area contributed by atoms with Gasteiger partial charge in [0.2, 0.25) is 0 Å². The molecule has 35 heavy (non-hydrogen) atoms. The van der Waals surface area contributed by atoms with E-state index in [4.69, 9.17) is 44.3 Å². The van der Waals surface area contributed by atoms with E-state index < -0.39 is 11.9 Å². The van der Waals surface area contributed by atoms with Crippen molar-refractivity contribution in [1.29, 1.82) is 0 Å². The lowest BCUT2D eigenvalue weighted by Crippen LogP contribution is -2.20. The van der Waals surface area contributed by atoms with E-state index in [2.05, 4.69) is 0 Å². The number of aliphatic carboxylic acids is 1. The molecule has 0 saturated carbocycles. The zero-order valence-electron chi connectivity index (χ0n) is 18.9. The number of carboxylic acid groups (broad SMARTS) is 1. The van der Waals surface area contributed by atoms with Crippen LogP contribution in [-0.4, -0.2) is 23.5 Å². The fraction of sp³-hybridized carbons (Fsp3) is 0.259. The molecule has 5 nitrogen and oxygen atoms in total. The maximum atomic E-state index is 12.8. The fourth-order valence-corrected chi connectivity index (χ4v) is 4.88. The van der Waals surface area contributed by atoms with Crippen LogP contribution in [0.25, 0.3) is 0 Å². The minimum Gasteiger partial charge on any atom is -0.493 e. The molecule has 8 heteroatoms. The predicted octanol–water partition coefficient (Wildman–Crippen LogP) is 7.90. The molecule has 0 saturated heterocycles. The highest BCUT2D eigenvalue weighted by atomic mass is 35.5. The summed E-state index contributed by atoms with van der Waals surface area (Å²) in [5, 5.41) is 10.9. The smallest absolute Gasteiger partial charge is 0.311 e. The summed E-state index contributed by atoms with van der Waals surface area (Å²) >= 11 is 18.5. The van der Waals surface area contributed by atoms with Crippen LogP contribution in [0.5, 0.6) is 17.2 Å². The SMILES string of the molecule is Cc1cc(Oc2cc3c(cc2Cl)C(C(=O)O)CCO3)ccc1C(=O)CCCc1ccc(Cl)cc1Cl. The number of benzene rings is 3. The molecule has 1 heterocycles. The van der Waals surface area contributed by atoms with Gasteiger partial charge in [-0.05, 0) is 73.7 Å². The summed E-state index contributed by atoms with van der Waals surface area (Å²) in [6.07, 6.45) is 2.13. The Morgan fingerprint density at radius 1 is 1.06 bits per heavy atom. The number of carbonyl (C=O) groups is 2. The van der Waals surface area contributed by atoms with Gasteiger partial charge in [0.1, 0.15) is 17.2 Å². The van der Waals surface area contributed by atoms with Gasteiger partial charge in [-0.15, -0.1) is 0 Å². The van der Waals surface area contributed by atoms with E-state index in [1.165, 1.54) is 0 Å². The van der Waals surface area contributed by atoms with E-state index in [9.17, 15) is 14.7 Å². The van der Waals surface area contributed by atoms with Gasteiger partial charge in [0.15, 0.2) is 5.78 Å². The van der Waals surface area contributed by atoms with Gasteiger partial charge in [-0.25, -0.2) is 0 Å². The van der Waals surface area contributed by atoms with E-state index in [0.29, 0.717) is 75.7 Å². The highest BCUT2D eigenvalue weighted by molar-refractivity contribution is 6.35. The predicted molar refractivity (Wildman–Crippen MR) is 137 cm³/mol. The number of Topliss-reactive ketones (excluding diaryl/α,β-unsaturated/α-hetero) is 1. The van der Waals surface area contributed by atoms with Gasteiger partial charge in [0.05, 0.1) is 17.5 Å². The van der Waals surface area contributed by atoms with E-state index in [1.807, 2.05) is 13.0 Å². The summed E-state index contributed by atoms with van der Waals surface area (Å²) in [5.41, 5.74) is 2.92. The molecular weight excluding hydrogens is 511 g/mol. The number of ether oxygens (including phenoxy) is 2. The minimum absolute atomic E-state index is 0.0408. The number of fused-ring (bicyclic) bond motifs is 1. The maximum Gasteiger partial charge on any atom is 0.311 e. The van der Waals surface area contributed by atoms with Crippen molar-refractivity contribution < 1.29 is 24.2 Å². The Balaban J connectivity index is 1.43. The molecule has 0 spiro atoms. The Morgan fingerprint density at radius 3 is 2.57 bits per heavy atom. The molecule has 1 unspecified atom stereocenters. The van der Waals surface area contributed by atoms with E-state index in [0.717, 1.165) is 11.1 Å². The molecule has 0 aliphatic carbocycles. The van der Waals surface area contributed by atoms with Crippen LogP contribution in [0.15, 0.2) is 48.5 Å². The Kier molecular flexibility index (Phi) is 7.90. The molecule has 3 aromatic carbocycles. The third-order valence-corrected chi connectivity index (χ3v) is 6.88. The first-order valence-corrected chi connectivity index (χ1v) is 12.3. The standard InChI is InChI=1S/C27H23Cl3O5/c1-15-11-18(35-26-14-25-21(13-23(26)30)20(27(32)33)9-10-34-25)7-8-19(15)24(31)4-2-3-16-5-6-17(28)12-22(16)29/h5-8,11-14,20H,2-4,9-10H2,1H3,(H,32,33). The summed E-state index contributed by atoms with van der Waals surface area (Å²) in [6, 6.07) is 13.8.